The second-order valence-electron chi connectivity index (χ2n) is 6.19. The van der Waals surface area contributed by atoms with E-state index in [-0.39, 0.29) is 11.7 Å². The second kappa shape index (κ2) is 7.35. The number of nitrogens with zero attached hydrogens (tertiary/aromatic N) is 1. The van der Waals surface area contributed by atoms with Crippen molar-refractivity contribution in [3.8, 4) is 0 Å². The Morgan fingerprint density at radius 1 is 1.00 bits per heavy atom. The van der Waals surface area contributed by atoms with Crippen LogP contribution >= 0.6 is 34.8 Å². The molecular formula is C19H18Cl3NO. The highest BCUT2D eigenvalue weighted by Crippen LogP contribution is 2.31. The molecule has 0 bridgehead atoms. The fraction of sp³-hybridized carbons (Fsp3) is 0.316. The molecule has 1 fully saturated rings. The molecule has 0 saturated carbocycles. The molecule has 0 radical (unpaired) electrons. The van der Waals surface area contributed by atoms with Crippen molar-refractivity contribution in [2.75, 3.05) is 18.0 Å². The van der Waals surface area contributed by atoms with Crippen LogP contribution in [0, 0.1) is 12.8 Å². The third-order valence-electron chi connectivity index (χ3n) is 4.58. The highest BCUT2D eigenvalue weighted by Gasteiger charge is 2.26. The van der Waals surface area contributed by atoms with Crippen LogP contribution in [0.2, 0.25) is 15.1 Å². The molecule has 2 nitrogen and oxygen atoms in total. The quantitative estimate of drug-likeness (QED) is 0.602. The maximum absolute atomic E-state index is 12.7. The fourth-order valence-corrected chi connectivity index (χ4v) is 3.66. The third-order valence-corrected chi connectivity index (χ3v) is 5.56. The van der Waals surface area contributed by atoms with E-state index in [0.29, 0.717) is 15.6 Å². The van der Waals surface area contributed by atoms with Crippen LogP contribution in [0.15, 0.2) is 36.4 Å². The molecule has 3 rings (SSSR count). The lowest BCUT2D eigenvalue weighted by Crippen LogP contribution is -2.36. The number of hydrogen-bond acceptors (Lipinski definition) is 2. The molecule has 24 heavy (non-hydrogen) atoms. The average molecular weight is 383 g/mol. The maximum Gasteiger partial charge on any atom is 0.166 e. The van der Waals surface area contributed by atoms with Crippen LogP contribution in [0.5, 0.6) is 0 Å². The van der Waals surface area contributed by atoms with Crippen LogP contribution in [0.3, 0.4) is 0 Å². The number of carbonyl (C=O) groups excluding carboxylic acids is 1. The van der Waals surface area contributed by atoms with Crippen LogP contribution in [0.25, 0.3) is 0 Å². The van der Waals surface area contributed by atoms with Crippen LogP contribution < -0.4 is 4.90 Å². The molecule has 0 N–H and O–H groups in total. The van der Waals surface area contributed by atoms with E-state index in [0.717, 1.165) is 36.6 Å². The summed E-state index contributed by atoms with van der Waals surface area (Å²) in [5.74, 6) is 0.175. The highest BCUT2D eigenvalue weighted by atomic mass is 35.5. The van der Waals surface area contributed by atoms with Crippen molar-refractivity contribution in [3.63, 3.8) is 0 Å². The van der Waals surface area contributed by atoms with E-state index in [1.165, 1.54) is 5.56 Å². The predicted octanol–water partition coefficient (Wildman–Crippen LogP) is 6.05. The van der Waals surface area contributed by atoms with Gasteiger partial charge in [-0.15, -0.1) is 0 Å². The zero-order valence-corrected chi connectivity index (χ0v) is 15.6. The second-order valence-corrected chi connectivity index (χ2v) is 7.44. The van der Waals surface area contributed by atoms with Crippen molar-refractivity contribution in [1.29, 1.82) is 0 Å². The van der Waals surface area contributed by atoms with Gasteiger partial charge in [0.05, 0.1) is 10.0 Å². The van der Waals surface area contributed by atoms with Crippen molar-refractivity contribution >= 4 is 46.3 Å². The van der Waals surface area contributed by atoms with Gasteiger partial charge in [0.25, 0.3) is 0 Å². The fourth-order valence-electron chi connectivity index (χ4n) is 3.19. The summed E-state index contributed by atoms with van der Waals surface area (Å²) in [5, 5.41) is 1.64. The number of halogens is 3. The van der Waals surface area contributed by atoms with Crippen molar-refractivity contribution in [3.05, 3.63) is 62.6 Å². The predicted molar refractivity (Wildman–Crippen MR) is 102 cm³/mol. The van der Waals surface area contributed by atoms with Crippen LogP contribution in [0.1, 0.15) is 28.8 Å². The Morgan fingerprint density at radius 2 is 1.71 bits per heavy atom. The van der Waals surface area contributed by atoms with Crippen molar-refractivity contribution < 1.29 is 4.79 Å². The lowest BCUT2D eigenvalue weighted by molar-refractivity contribution is 0.0900. The number of ketones is 1. The smallest absolute Gasteiger partial charge is 0.166 e. The SMILES string of the molecule is Cc1ccc(Cl)cc1N1CCC(C(=O)c2ccc(Cl)c(Cl)c2)CC1. The van der Waals surface area contributed by atoms with Crippen molar-refractivity contribution in [2.24, 2.45) is 5.92 Å². The summed E-state index contributed by atoms with van der Waals surface area (Å²) >= 11 is 18.1. The topological polar surface area (TPSA) is 20.3 Å². The molecule has 1 aliphatic rings. The maximum atomic E-state index is 12.7. The molecule has 0 amide bonds. The number of piperidine rings is 1. The molecular weight excluding hydrogens is 365 g/mol. The zero-order valence-electron chi connectivity index (χ0n) is 13.4. The normalized spacial score (nSPS) is 15.6. The summed E-state index contributed by atoms with van der Waals surface area (Å²) in [4.78, 5) is 15.0. The van der Waals surface area contributed by atoms with Gasteiger partial charge in [0.2, 0.25) is 0 Å². The number of carbonyl (C=O) groups is 1. The lowest BCUT2D eigenvalue weighted by atomic mass is 9.88. The van der Waals surface area contributed by atoms with E-state index < -0.39 is 0 Å². The first-order chi connectivity index (χ1) is 11.5. The van der Waals surface area contributed by atoms with Gasteiger partial charge in [-0.2, -0.15) is 0 Å². The average Bonchev–Trinajstić information content (AvgIpc) is 2.59. The number of hydrogen-bond donors (Lipinski definition) is 0. The van der Waals surface area contributed by atoms with Gasteiger partial charge < -0.3 is 4.90 Å². The van der Waals surface area contributed by atoms with Crippen LogP contribution in [-0.2, 0) is 0 Å². The Labute approximate surface area is 157 Å². The molecule has 1 saturated heterocycles. The number of anilines is 1. The zero-order chi connectivity index (χ0) is 17.3. The molecule has 1 heterocycles. The van der Waals surface area contributed by atoms with E-state index in [1.807, 2.05) is 18.2 Å². The Morgan fingerprint density at radius 3 is 2.38 bits per heavy atom. The molecule has 2 aromatic carbocycles. The first kappa shape index (κ1) is 17.6. The van der Waals surface area contributed by atoms with E-state index in [1.54, 1.807) is 18.2 Å². The largest absolute Gasteiger partial charge is 0.371 e. The monoisotopic (exact) mass is 381 g/mol. The van der Waals surface area contributed by atoms with Gasteiger partial charge >= 0.3 is 0 Å². The number of rotatable bonds is 3. The first-order valence-electron chi connectivity index (χ1n) is 7.96. The summed E-state index contributed by atoms with van der Waals surface area (Å²) < 4.78 is 0. The summed E-state index contributed by atoms with van der Waals surface area (Å²) in [5.41, 5.74) is 3.00. The minimum atomic E-state index is 0.0259. The van der Waals surface area contributed by atoms with Gasteiger partial charge in [0, 0.05) is 35.3 Å². The lowest BCUT2D eigenvalue weighted by Gasteiger charge is -2.34. The molecule has 2 aromatic rings. The van der Waals surface area contributed by atoms with Gasteiger partial charge in [-0.3, -0.25) is 4.79 Å². The van der Waals surface area contributed by atoms with Crippen molar-refractivity contribution in [1.82, 2.24) is 0 Å². The standard InChI is InChI=1S/C19H18Cl3NO/c1-12-2-4-15(20)11-18(12)23-8-6-13(7-9-23)19(24)14-3-5-16(21)17(22)10-14/h2-5,10-11,13H,6-9H2,1H3. The van der Waals surface area contributed by atoms with E-state index in [9.17, 15) is 4.79 Å². The Hall–Kier alpha value is -1.22. The van der Waals surface area contributed by atoms with E-state index >= 15 is 0 Å². The Balaban J connectivity index is 1.69. The summed E-state index contributed by atoms with van der Waals surface area (Å²) in [6.45, 7) is 3.77. The Kier molecular flexibility index (Phi) is 5.39. The number of aryl methyl sites for hydroxylation is 1. The van der Waals surface area contributed by atoms with E-state index in [2.05, 4.69) is 11.8 Å². The minimum Gasteiger partial charge on any atom is -0.371 e. The number of Topliss-reactive ketones (excluding diaryl/α,β-unsaturated/α-hetero) is 1. The molecule has 126 valence electrons. The molecule has 1 aliphatic heterocycles. The molecule has 0 aliphatic carbocycles. The first-order valence-corrected chi connectivity index (χ1v) is 9.09. The van der Waals surface area contributed by atoms with Crippen LogP contribution in [0.4, 0.5) is 5.69 Å². The third kappa shape index (κ3) is 3.72. The van der Waals surface area contributed by atoms with Crippen molar-refractivity contribution in [2.45, 2.75) is 19.8 Å². The highest BCUT2D eigenvalue weighted by molar-refractivity contribution is 6.42. The summed E-state index contributed by atoms with van der Waals surface area (Å²) in [6, 6.07) is 11.0. The molecule has 0 atom stereocenters. The summed E-state index contributed by atoms with van der Waals surface area (Å²) in [6.07, 6.45) is 1.65. The van der Waals surface area contributed by atoms with Crippen LogP contribution in [-0.4, -0.2) is 18.9 Å². The van der Waals surface area contributed by atoms with Gasteiger partial charge in [-0.05, 0) is 55.7 Å². The molecule has 5 heteroatoms. The molecule has 0 unspecified atom stereocenters. The van der Waals surface area contributed by atoms with Gasteiger partial charge in [0.15, 0.2) is 5.78 Å². The summed E-state index contributed by atoms with van der Waals surface area (Å²) in [7, 11) is 0. The molecule has 0 aromatic heterocycles. The molecule has 0 spiro atoms. The van der Waals surface area contributed by atoms with E-state index in [4.69, 9.17) is 34.8 Å². The Bertz CT molecular complexity index is 767. The van der Waals surface area contributed by atoms with Gasteiger partial charge in [-0.1, -0.05) is 40.9 Å². The van der Waals surface area contributed by atoms with Gasteiger partial charge in [-0.25, -0.2) is 0 Å². The number of benzene rings is 2. The van der Waals surface area contributed by atoms with Gasteiger partial charge in [0.1, 0.15) is 0 Å². The minimum absolute atomic E-state index is 0.0259.